The van der Waals surface area contributed by atoms with Crippen LogP contribution in [0.4, 0.5) is 5.82 Å². The maximum atomic E-state index is 12.8. The number of hydrazone groups is 1. The lowest BCUT2D eigenvalue weighted by atomic mass is 10.2. The molecule has 0 aliphatic rings. The number of carbonyl (C=O) groups excluding carboxylic acids is 1. The monoisotopic (exact) mass is 455 g/mol. The summed E-state index contributed by atoms with van der Waals surface area (Å²) in [6.07, 6.45) is 3.03. The molecule has 15 heteroatoms. The first-order valence-corrected chi connectivity index (χ1v) is 10.0. The summed E-state index contributed by atoms with van der Waals surface area (Å²) in [7, 11) is 3.35. The summed E-state index contributed by atoms with van der Waals surface area (Å²) in [6.45, 7) is 0. The zero-order chi connectivity index (χ0) is 22.5. The van der Waals surface area contributed by atoms with Crippen LogP contribution < -0.4 is 15.9 Å². The number of methoxy groups -OCH3 is 1. The molecule has 1 aromatic carbocycles. The lowest BCUT2D eigenvalue weighted by Gasteiger charge is -2.05. The number of thioether (sulfide) groups is 1. The second-order valence-corrected chi connectivity index (χ2v) is 7.17. The molecule has 0 unspecified atom stereocenters. The van der Waals surface area contributed by atoms with E-state index >= 15 is 0 Å². The summed E-state index contributed by atoms with van der Waals surface area (Å²) >= 11 is 1.32. The molecule has 0 atom stereocenters. The highest BCUT2D eigenvalue weighted by molar-refractivity contribution is 7.98. The fourth-order valence-corrected chi connectivity index (χ4v) is 3.52. The predicted molar refractivity (Wildman–Crippen MR) is 112 cm³/mol. The van der Waals surface area contributed by atoms with Crippen molar-refractivity contribution in [2.45, 2.75) is 10.9 Å². The smallest absolute Gasteiger partial charge is 0.293 e. The minimum atomic E-state index is -0.578. The van der Waals surface area contributed by atoms with Crippen LogP contribution in [0.3, 0.4) is 0 Å². The van der Waals surface area contributed by atoms with Crippen molar-refractivity contribution >= 4 is 29.7 Å². The molecular formula is C17H17N11O3S. The number of rotatable bonds is 8. The van der Waals surface area contributed by atoms with Crippen molar-refractivity contribution < 1.29 is 14.2 Å². The number of hydrogen-bond acceptors (Lipinski definition) is 12. The highest BCUT2D eigenvalue weighted by Crippen LogP contribution is 2.24. The van der Waals surface area contributed by atoms with Crippen molar-refractivity contribution in [1.29, 1.82) is 0 Å². The maximum absolute atomic E-state index is 12.8. The Hall–Kier alpha value is -4.27. The molecule has 3 heterocycles. The van der Waals surface area contributed by atoms with Gasteiger partial charge in [0.25, 0.3) is 5.91 Å². The summed E-state index contributed by atoms with van der Waals surface area (Å²) in [5, 5.41) is 27.7. The van der Waals surface area contributed by atoms with Gasteiger partial charge >= 0.3 is 0 Å². The summed E-state index contributed by atoms with van der Waals surface area (Å²) < 4.78 is 12.9. The Morgan fingerprint density at radius 3 is 2.91 bits per heavy atom. The van der Waals surface area contributed by atoms with Crippen molar-refractivity contribution in [1.82, 2.24) is 45.5 Å². The van der Waals surface area contributed by atoms with Crippen molar-refractivity contribution in [3.63, 3.8) is 0 Å². The number of nitrogen functional groups attached to an aromatic ring is 1. The molecule has 164 valence electrons. The third-order valence-electron chi connectivity index (χ3n) is 4.19. The SMILES string of the molecule is COc1ccccc1/C=N/NC(=O)c1nnn(-c2nonc2N)c1CSc1nncn1C. The molecule has 0 bridgehead atoms. The van der Waals surface area contributed by atoms with Crippen molar-refractivity contribution in [3.05, 3.63) is 47.5 Å². The molecular weight excluding hydrogens is 438 g/mol. The molecule has 0 spiro atoms. The molecule has 0 aliphatic carbocycles. The summed E-state index contributed by atoms with van der Waals surface area (Å²) in [6, 6.07) is 7.25. The van der Waals surface area contributed by atoms with Gasteiger partial charge in [-0.15, -0.1) is 15.3 Å². The number of nitrogens with two attached hydrogens (primary N) is 1. The van der Waals surface area contributed by atoms with Gasteiger partial charge in [0.2, 0.25) is 11.6 Å². The number of nitrogens with zero attached hydrogens (tertiary/aromatic N) is 9. The number of ether oxygens (including phenoxy) is 1. The molecule has 4 aromatic rings. The van der Waals surface area contributed by atoms with Crippen molar-refractivity contribution in [2.75, 3.05) is 12.8 Å². The number of para-hydroxylation sites is 1. The van der Waals surface area contributed by atoms with E-state index in [0.717, 1.165) is 0 Å². The Balaban J connectivity index is 1.59. The highest BCUT2D eigenvalue weighted by Gasteiger charge is 2.24. The molecule has 4 rings (SSSR count). The minimum absolute atomic E-state index is 0.000889. The number of hydrogen-bond donors (Lipinski definition) is 2. The van der Waals surface area contributed by atoms with Crippen LogP contribution in [0.2, 0.25) is 0 Å². The highest BCUT2D eigenvalue weighted by atomic mass is 32.2. The molecule has 3 N–H and O–H groups in total. The largest absolute Gasteiger partial charge is 0.496 e. The van der Waals surface area contributed by atoms with Gasteiger partial charge in [-0.3, -0.25) is 4.79 Å². The molecule has 0 saturated heterocycles. The Morgan fingerprint density at radius 2 is 2.19 bits per heavy atom. The van der Waals surface area contributed by atoms with Crippen LogP contribution >= 0.6 is 11.8 Å². The fourth-order valence-electron chi connectivity index (χ4n) is 2.64. The first-order valence-electron chi connectivity index (χ1n) is 9.04. The van der Waals surface area contributed by atoms with Gasteiger partial charge in [-0.2, -0.15) is 9.78 Å². The predicted octanol–water partition coefficient (Wildman–Crippen LogP) is 0.426. The number of amides is 1. The number of carbonyl (C=O) groups is 1. The normalized spacial score (nSPS) is 11.2. The van der Waals surface area contributed by atoms with Crippen LogP contribution in [0.1, 0.15) is 21.7 Å². The average molecular weight is 455 g/mol. The molecule has 32 heavy (non-hydrogen) atoms. The van der Waals surface area contributed by atoms with E-state index in [4.69, 9.17) is 10.5 Å². The lowest BCUT2D eigenvalue weighted by molar-refractivity contribution is 0.0949. The first-order chi connectivity index (χ1) is 15.6. The van der Waals surface area contributed by atoms with Crippen LogP contribution in [-0.4, -0.2) is 59.3 Å². The number of benzene rings is 1. The summed E-state index contributed by atoms with van der Waals surface area (Å²) in [4.78, 5) is 12.8. The van der Waals surface area contributed by atoms with Gasteiger partial charge in [0.15, 0.2) is 10.9 Å². The standard InChI is InChI=1S/C17H17N11O3S/c1-27-9-20-23-17(27)32-8-11-13(21-26-28(11)15-14(18)24-31-25-15)16(29)22-19-7-10-5-3-4-6-12(10)30-2/h3-7,9H,8H2,1-2H3,(H2,18,24)(H,22,29)/b19-7+. The number of aryl methyl sites for hydroxylation is 1. The number of anilines is 1. The van der Waals surface area contributed by atoms with E-state index in [9.17, 15) is 4.79 Å². The zero-order valence-electron chi connectivity index (χ0n) is 16.9. The van der Waals surface area contributed by atoms with E-state index < -0.39 is 5.91 Å². The van der Waals surface area contributed by atoms with Gasteiger partial charge in [0.1, 0.15) is 12.1 Å². The van der Waals surface area contributed by atoms with Crippen LogP contribution in [0.5, 0.6) is 5.75 Å². The molecule has 14 nitrogen and oxygen atoms in total. The third kappa shape index (κ3) is 4.27. The van der Waals surface area contributed by atoms with Gasteiger partial charge in [-0.25, -0.2) is 10.1 Å². The molecule has 0 saturated carbocycles. The maximum Gasteiger partial charge on any atom is 0.293 e. The van der Waals surface area contributed by atoms with Gasteiger partial charge in [0.05, 0.1) is 19.0 Å². The fraction of sp³-hybridized carbons (Fsp3) is 0.176. The topological polar surface area (TPSA) is 177 Å². The Kier molecular flexibility index (Phi) is 6.07. The van der Waals surface area contributed by atoms with Crippen LogP contribution in [0.25, 0.3) is 5.82 Å². The molecule has 0 radical (unpaired) electrons. The minimum Gasteiger partial charge on any atom is -0.496 e. The third-order valence-corrected chi connectivity index (χ3v) is 5.24. The summed E-state index contributed by atoms with van der Waals surface area (Å²) in [5.41, 5.74) is 9.35. The average Bonchev–Trinajstić information content (AvgIpc) is 3.52. The van der Waals surface area contributed by atoms with Crippen molar-refractivity contribution in [3.8, 4) is 11.6 Å². The van der Waals surface area contributed by atoms with E-state index in [2.05, 4.69) is 46.0 Å². The van der Waals surface area contributed by atoms with E-state index in [1.165, 1.54) is 22.7 Å². The van der Waals surface area contributed by atoms with E-state index in [0.29, 0.717) is 22.2 Å². The number of nitrogens with one attached hydrogen (secondary N) is 1. The molecule has 0 fully saturated rings. The molecule has 3 aromatic heterocycles. The van der Waals surface area contributed by atoms with E-state index in [1.807, 2.05) is 12.1 Å². The number of aromatic nitrogens is 8. The van der Waals surface area contributed by atoms with E-state index in [-0.39, 0.29) is 23.1 Å². The quantitative estimate of drug-likeness (QED) is 0.214. The van der Waals surface area contributed by atoms with Crippen LogP contribution in [-0.2, 0) is 12.8 Å². The second-order valence-electron chi connectivity index (χ2n) is 6.22. The van der Waals surface area contributed by atoms with Gasteiger partial charge in [0, 0.05) is 18.4 Å². The van der Waals surface area contributed by atoms with Crippen LogP contribution in [0.15, 0.2) is 45.5 Å². The second kappa shape index (κ2) is 9.25. The molecule has 0 aliphatic heterocycles. The zero-order valence-corrected chi connectivity index (χ0v) is 17.7. The lowest BCUT2D eigenvalue weighted by Crippen LogP contribution is -2.20. The Morgan fingerprint density at radius 1 is 1.34 bits per heavy atom. The summed E-state index contributed by atoms with van der Waals surface area (Å²) in [5.74, 6) is 0.408. The Labute approximate surface area is 184 Å². The Bertz CT molecular complexity index is 1260. The van der Waals surface area contributed by atoms with Gasteiger partial charge < -0.3 is 15.0 Å². The van der Waals surface area contributed by atoms with E-state index in [1.54, 1.807) is 37.2 Å². The van der Waals surface area contributed by atoms with Gasteiger partial charge in [-0.1, -0.05) is 29.1 Å². The van der Waals surface area contributed by atoms with Crippen molar-refractivity contribution in [2.24, 2.45) is 12.1 Å². The first kappa shape index (κ1) is 21.0. The molecule has 1 amide bonds. The van der Waals surface area contributed by atoms with Crippen LogP contribution in [0, 0.1) is 0 Å². The van der Waals surface area contributed by atoms with Gasteiger partial charge in [-0.05, 0) is 22.4 Å².